The van der Waals surface area contributed by atoms with Gasteiger partial charge in [0.05, 0.1) is 17.5 Å². The molecule has 0 aliphatic heterocycles. The number of phenolic OH excluding ortho intramolecular Hbond substituents is 1. The summed E-state index contributed by atoms with van der Waals surface area (Å²) in [5.41, 5.74) is 2.12. The normalized spacial score (nSPS) is 39.5. The van der Waals surface area contributed by atoms with Crippen molar-refractivity contribution in [3.63, 3.8) is 0 Å². The number of ketones is 4. The lowest BCUT2D eigenvalue weighted by molar-refractivity contribution is -0.181. The van der Waals surface area contributed by atoms with Gasteiger partial charge in [0.1, 0.15) is 5.75 Å². The first-order valence-corrected chi connectivity index (χ1v) is 9.22. The Morgan fingerprint density at radius 1 is 1.23 bits per heavy atom. The van der Waals surface area contributed by atoms with E-state index in [2.05, 4.69) is 0 Å². The minimum Gasteiger partial charge on any atom is -0.507 e. The monoisotopic (exact) mass is 420 g/mol. The molecular weight excluding hydrogens is 392 g/mol. The lowest BCUT2D eigenvalue weighted by Gasteiger charge is -2.52. The van der Waals surface area contributed by atoms with Gasteiger partial charge in [-0.1, -0.05) is 12.1 Å². The molecule has 4 rings (SSSR count). The molecule has 3 aliphatic carbocycles. The van der Waals surface area contributed by atoms with Crippen LogP contribution in [0.15, 0.2) is 18.2 Å². The van der Waals surface area contributed by atoms with Gasteiger partial charge in [-0.3, -0.25) is 28.9 Å². The maximum absolute atomic E-state index is 13.7. The molecule has 0 spiro atoms. The molecule has 158 valence electrons. The Morgan fingerprint density at radius 2 is 1.93 bits per heavy atom. The molecule has 9 nitrogen and oxygen atoms in total. The molecule has 2 fully saturated rings. The number of amides is 1. The third kappa shape index (κ3) is 2.45. The van der Waals surface area contributed by atoms with Gasteiger partial charge in [0.25, 0.3) is 0 Å². The smallest absolute Gasteiger partial charge is 0.235 e. The Balaban J connectivity index is 1.94. The second kappa shape index (κ2) is 6.55. The molecule has 6 atom stereocenters. The average molecular weight is 420 g/mol. The molecule has 30 heavy (non-hydrogen) atoms. The predicted octanol–water partition coefficient (Wildman–Crippen LogP) is -1.13. The first-order chi connectivity index (χ1) is 16.4. The van der Waals surface area contributed by atoms with E-state index in [1.807, 2.05) is 0 Å². The molecule has 1 aromatic carbocycles. The van der Waals surface area contributed by atoms with Crippen molar-refractivity contribution in [3.05, 3.63) is 29.3 Å². The second-order valence-electron chi connectivity index (χ2n) is 8.01. The summed E-state index contributed by atoms with van der Waals surface area (Å²) in [6.07, 6.45) is -0.488. The molecule has 3 aliphatic rings. The third-order valence-electron chi connectivity index (χ3n) is 6.52. The minimum absolute atomic E-state index is 0.0195. The predicted molar refractivity (Wildman–Crippen MR) is 101 cm³/mol. The fourth-order valence-corrected chi connectivity index (χ4v) is 5.24. The number of aliphatic hydroxyl groups is 1. The van der Waals surface area contributed by atoms with Crippen LogP contribution >= 0.6 is 0 Å². The van der Waals surface area contributed by atoms with Gasteiger partial charge >= 0.3 is 0 Å². The van der Waals surface area contributed by atoms with E-state index in [0.717, 1.165) is 0 Å². The zero-order valence-electron chi connectivity index (χ0n) is 21.5. The number of hydrogen-bond acceptors (Lipinski definition) is 8. The van der Waals surface area contributed by atoms with Crippen molar-refractivity contribution in [2.75, 3.05) is 14.0 Å². The number of aromatic hydroxyl groups is 1. The third-order valence-corrected chi connectivity index (χ3v) is 6.52. The second-order valence-corrected chi connectivity index (χ2v) is 8.01. The van der Waals surface area contributed by atoms with Crippen LogP contribution in [0.3, 0.4) is 0 Å². The number of nitrogens with two attached hydrogens (primary N) is 1. The van der Waals surface area contributed by atoms with Crippen LogP contribution in [-0.2, 0) is 25.6 Å². The molecule has 1 amide bonds. The number of Topliss-reactive ketones (excluding diaryl/α,β-unsaturated/α-hetero) is 4. The van der Waals surface area contributed by atoms with E-state index in [9.17, 15) is 34.2 Å². The van der Waals surface area contributed by atoms with Crippen molar-refractivity contribution in [1.82, 2.24) is 4.90 Å². The number of phenols is 1. The fourth-order valence-electron chi connectivity index (χ4n) is 5.24. The number of primary amides is 1. The topological polar surface area (TPSA) is 155 Å². The minimum atomic E-state index is -3.48. The van der Waals surface area contributed by atoms with Crippen LogP contribution in [0.1, 0.15) is 30.6 Å². The van der Waals surface area contributed by atoms with Gasteiger partial charge in [0.2, 0.25) is 5.91 Å². The summed E-state index contributed by atoms with van der Waals surface area (Å²) in [5.74, 6) is -14.4. The molecule has 0 aromatic heterocycles. The molecule has 4 unspecified atom stereocenters. The highest BCUT2D eigenvalue weighted by atomic mass is 16.3. The van der Waals surface area contributed by atoms with E-state index in [4.69, 9.17) is 14.0 Å². The highest BCUT2D eigenvalue weighted by Gasteiger charge is 2.69. The summed E-state index contributed by atoms with van der Waals surface area (Å²) in [7, 11) is 0. The molecule has 2 saturated carbocycles. The van der Waals surface area contributed by atoms with Gasteiger partial charge in [-0.2, -0.15) is 0 Å². The van der Waals surface area contributed by atoms with Gasteiger partial charge in [-0.15, -0.1) is 0 Å². The maximum atomic E-state index is 13.7. The zero-order chi connectivity index (χ0) is 27.1. The summed E-state index contributed by atoms with van der Waals surface area (Å²) in [6, 6.07) is 1.90. The van der Waals surface area contributed by atoms with Crippen molar-refractivity contribution < 1.29 is 42.4 Å². The van der Waals surface area contributed by atoms with Crippen LogP contribution in [0.2, 0.25) is 0 Å². The lowest BCUT2D eigenvalue weighted by Crippen LogP contribution is -2.74. The number of nitrogens with zero attached hydrogens (tertiary/aromatic N) is 1. The number of likely N-dealkylation sites (N-methyl/N-ethyl adjacent to an activating group) is 1. The van der Waals surface area contributed by atoms with Crippen LogP contribution in [0.4, 0.5) is 0 Å². The van der Waals surface area contributed by atoms with Crippen LogP contribution in [0.25, 0.3) is 0 Å². The SMILES string of the molecule is [2H]C([2H])([2H])N([C@@H]1C(=O)C(C(N)=O)C(=O)[C@@]2(O)C(=O)C3C(=O)c4c(O)cccc4CC3CC12)C([2H])([2H])[2H]. The Kier molecular flexibility index (Phi) is 3.09. The quantitative estimate of drug-likeness (QED) is 0.508. The number of carbonyl (C=O) groups is 5. The number of carbonyl (C=O) groups excluding carboxylic acids is 5. The molecule has 1 aromatic rings. The molecule has 0 radical (unpaired) electrons. The summed E-state index contributed by atoms with van der Waals surface area (Å²) < 4.78 is 46.5. The van der Waals surface area contributed by atoms with Gasteiger partial charge < -0.3 is 15.9 Å². The summed E-state index contributed by atoms with van der Waals surface area (Å²) in [4.78, 5) is 65.4. The first-order valence-electron chi connectivity index (χ1n) is 12.2. The van der Waals surface area contributed by atoms with Crippen molar-refractivity contribution in [2.24, 2.45) is 29.4 Å². The Morgan fingerprint density at radius 3 is 2.57 bits per heavy atom. The molecule has 4 N–H and O–H groups in total. The Labute approximate surface area is 180 Å². The van der Waals surface area contributed by atoms with Crippen molar-refractivity contribution in [2.45, 2.75) is 24.5 Å². The van der Waals surface area contributed by atoms with Crippen molar-refractivity contribution in [1.29, 1.82) is 0 Å². The van der Waals surface area contributed by atoms with Gasteiger partial charge in [0.15, 0.2) is 34.7 Å². The van der Waals surface area contributed by atoms with Gasteiger partial charge in [-0.05, 0) is 44.3 Å². The number of hydrogen-bond donors (Lipinski definition) is 3. The number of benzene rings is 1. The highest BCUT2D eigenvalue weighted by Crippen LogP contribution is 2.50. The largest absolute Gasteiger partial charge is 0.507 e. The van der Waals surface area contributed by atoms with Gasteiger partial charge in [0, 0.05) is 14.1 Å². The fraction of sp³-hybridized carbons (Fsp3) is 0.476. The van der Waals surface area contributed by atoms with Crippen LogP contribution in [-0.4, -0.2) is 69.7 Å². The van der Waals surface area contributed by atoms with E-state index in [1.54, 1.807) is 0 Å². The van der Waals surface area contributed by atoms with E-state index in [-0.39, 0.29) is 16.9 Å². The summed E-state index contributed by atoms with van der Waals surface area (Å²) in [5, 5.41) is 21.7. The van der Waals surface area contributed by atoms with Crippen LogP contribution in [0.5, 0.6) is 5.75 Å². The van der Waals surface area contributed by atoms with Crippen LogP contribution in [0, 0.1) is 23.7 Å². The van der Waals surface area contributed by atoms with Gasteiger partial charge in [-0.25, -0.2) is 0 Å². The number of fused-ring (bicyclic) bond motifs is 3. The van der Waals surface area contributed by atoms with E-state index < -0.39 is 90.5 Å². The molecule has 0 bridgehead atoms. The standard InChI is InChI=1S/C21H22N2O7/c1-23(2)15-10-7-9-6-8-4-3-5-11(24)12(8)16(25)13(9)18(27)21(10,30)19(28)14(17(15)26)20(22)29/h3-5,9-10,13-15,24,30H,6-7H2,1-2H3,(H2,22,29)/t9?,10?,13?,14?,15-,21-/m0/s1/i1D3,2D3. The van der Waals surface area contributed by atoms with E-state index in [1.165, 1.54) is 18.2 Å². The average Bonchev–Trinajstić information content (AvgIpc) is 2.71. The zero-order valence-corrected chi connectivity index (χ0v) is 15.5. The lowest BCUT2D eigenvalue weighted by atomic mass is 9.52. The Bertz CT molecular complexity index is 1200. The summed E-state index contributed by atoms with van der Waals surface area (Å²) >= 11 is 0. The summed E-state index contributed by atoms with van der Waals surface area (Å²) in [6.45, 7) is -6.95. The highest BCUT2D eigenvalue weighted by molar-refractivity contribution is 6.32. The molecule has 0 saturated heterocycles. The molecule has 9 heteroatoms. The van der Waals surface area contributed by atoms with Crippen LogP contribution < -0.4 is 5.73 Å². The maximum Gasteiger partial charge on any atom is 0.235 e. The van der Waals surface area contributed by atoms with Crippen molar-refractivity contribution in [3.8, 4) is 5.75 Å². The number of rotatable bonds is 2. The Hall–Kier alpha value is -2.91. The molecule has 0 heterocycles. The van der Waals surface area contributed by atoms with Crippen molar-refractivity contribution >= 4 is 29.0 Å². The van der Waals surface area contributed by atoms with E-state index in [0.29, 0.717) is 5.56 Å². The first kappa shape index (κ1) is 14.2. The molecular formula is C21H22N2O7. The van der Waals surface area contributed by atoms with E-state index >= 15 is 0 Å².